The molecule has 0 bridgehead atoms. The van der Waals surface area contributed by atoms with Crippen LogP contribution < -0.4 is 4.90 Å². The van der Waals surface area contributed by atoms with Crippen LogP contribution >= 0.6 is 0 Å². The molecule has 0 aliphatic rings. The summed E-state index contributed by atoms with van der Waals surface area (Å²) in [5.74, 6) is 1.63. The van der Waals surface area contributed by atoms with E-state index in [2.05, 4.69) is 30.7 Å². The Hall–Kier alpha value is -1.09. The summed E-state index contributed by atoms with van der Waals surface area (Å²) in [4.78, 5) is 6.68. The van der Waals surface area contributed by atoms with E-state index in [4.69, 9.17) is 5.11 Å². The Labute approximate surface area is 98.1 Å². The maximum Gasteiger partial charge on any atom is 0.128 e. The lowest BCUT2D eigenvalue weighted by Gasteiger charge is -2.25. The average molecular weight is 222 g/mol. The smallest absolute Gasteiger partial charge is 0.128 e. The van der Waals surface area contributed by atoms with Crippen LogP contribution in [-0.4, -0.2) is 23.2 Å². The summed E-state index contributed by atoms with van der Waals surface area (Å²) in [5.41, 5.74) is 0.736. The van der Waals surface area contributed by atoms with Crippen molar-refractivity contribution in [3.05, 3.63) is 23.9 Å². The largest absolute Gasteiger partial charge is 0.390 e. The fourth-order valence-electron chi connectivity index (χ4n) is 1.62. The van der Waals surface area contributed by atoms with Crippen LogP contribution in [-0.2, 0) is 6.61 Å². The van der Waals surface area contributed by atoms with Gasteiger partial charge in [0, 0.05) is 13.1 Å². The molecule has 0 radical (unpaired) electrons. The molecular weight excluding hydrogens is 200 g/mol. The van der Waals surface area contributed by atoms with Crippen LogP contribution in [0.15, 0.2) is 18.2 Å². The van der Waals surface area contributed by atoms with Crippen LogP contribution in [0.3, 0.4) is 0 Å². The first-order chi connectivity index (χ1) is 7.71. The second-order valence-corrected chi connectivity index (χ2v) is 4.20. The zero-order valence-electron chi connectivity index (χ0n) is 10.5. The number of hydrogen-bond donors (Lipinski definition) is 1. The van der Waals surface area contributed by atoms with Crippen LogP contribution in [0.4, 0.5) is 5.82 Å². The summed E-state index contributed by atoms with van der Waals surface area (Å²) >= 11 is 0. The Bertz CT molecular complexity index is 315. The minimum absolute atomic E-state index is 0.00866. The van der Waals surface area contributed by atoms with Gasteiger partial charge >= 0.3 is 0 Å². The standard InChI is InChI=1S/C13H22N2O/c1-4-11(3)9-15(5-2)13-8-6-7-12(10-16)14-13/h6-8,11,16H,4-5,9-10H2,1-3H3. The zero-order valence-corrected chi connectivity index (χ0v) is 10.5. The summed E-state index contributed by atoms with van der Waals surface area (Å²) < 4.78 is 0. The van der Waals surface area contributed by atoms with Gasteiger partial charge in [-0.1, -0.05) is 26.3 Å². The van der Waals surface area contributed by atoms with Gasteiger partial charge in [-0.3, -0.25) is 0 Å². The fourth-order valence-corrected chi connectivity index (χ4v) is 1.62. The van der Waals surface area contributed by atoms with Crippen molar-refractivity contribution in [2.45, 2.75) is 33.8 Å². The highest BCUT2D eigenvalue weighted by Crippen LogP contribution is 2.14. The van der Waals surface area contributed by atoms with Crippen molar-refractivity contribution in [2.75, 3.05) is 18.0 Å². The van der Waals surface area contributed by atoms with Crippen molar-refractivity contribution in [1.82, 2.24) is 4.98 Å². The third-order valence-corrected chi connectivity index (χ3v) is 2.89. The summed E-state index contributed by atoms with van der Waals surface area (Å²) in [6.07, 6.45) is 1.18. The summed E-state index contributed by atoms with van der Waals surface area (Å²) in [6.45, 7) is 8.57. The lowest BCUT2D eigenvalue weighted by molar-refractivity contribution is 0.277. The predicted octanol–water partition coefficient (Wildman–Crippen LogP) is 2.45. The zero-order chi connectivity index (χ0) is 12.0. The molecule has 0 aliphatic heterocycles. The summed E-state index contributed by atoms with van der Waals surface area (Å²) in [7, 11) is 0. The van der Waals surface area contributed by atoms with Crippen LogP contribution in [0, 0.1) is 5.92 Å². The number of nitrogens with zero attached hydrogens (tertiary/aromatic N) is 2. The van der Waals surface area contributed by atoms with Gasteiger partial charge in [-0.25, -0.2) is 4.98 Å². The van der Waals surface area contributed by atoms with Gasteiger partial charge in [-0.2, -0.15) is 0 Å². The van der Waals surface area contributed by atoms with Gasteiger partial charge < -0.3 is 10.0 Å². The predicted molar refractivity (Wildman–Crippen MR) is 67.5 cm³/mol. The van der Waals surface area contributed by atoms with Crippen LogP contribution in [0.25, 0.3) is 0 Å². The highest BCUT2D eigenvalue weighted by Gasteiger charge is 2.09. The molecule has 3 nitrogen and oxygen atoms in total. The molecule has 0 fully saturated rings. The molecule has 1 aromatic rings. The van der Waals surface area contributed by atoms with E-state index in [0.29, 0.717) is 5.92 Å². The average Bonchev–Trinajstić information content (AvgIpc) is 2.35. The van der Waals surface area contributed by atoms with Crippen molar-refractivity contribution in [2.24, 2.45) is 5.92 Å². The Morgan fingerprint density at radius 1 is 1.38 bits per heavy atom. The van der Waals surface area contributed by atoms with Gasteiger partial charge in [0.1, 0.15) is 5.82 Å². The van der Waals surface area contributed by atoms with Crippen molar-refractivity contribution in [3.8, 4) is 0 Å². The maximum atomic E-state index is 9.06. The van der Waals surface area contributed by atoms with E-state index in [9.17, 15) is 0 Å². The normalized spacial score (nSPS) is 12.5. The van der Waals surface area contributed by atoms with Gasteiger partial charge in [0.2, 0.25) is 0 Å². The first kappa shape index (κ1) is 13.0. The molecular formula is C13H22N2O. The minimum Gasteiger partial charge on any atom is -0.390 e. The van der Waals surface area contributed by atoms with E-state index in [-0.39, 0.29) is 6.61 Å². The van der Waals surface area contributed by atoms with Crippen LogP contribution in [0.1, 0.15) is 32.9 Å². The minimum atomic E-state index is 0.00866. The maximum absolute atomic E-state index is 9.06. The molecule has 16 heavy (non-hydrogen) atoms. The van der Waals surface area contributed by atoms with E-state index < -0.39 is 0 Å². The molecule has 0 aliphatic carbocycles. The highest BCUT2D eigenvalue weighted by molar-refractivity contribution is 5.39. The number of pyridine rings is 1. The third kappa shape index (κ3) is 3.49. The van der Waals surface area contributed by atoms with Crippen molar-refractivity contribution in [1.29, 1.82) is 0 Å². The van der Waals surface area contributed by atoms with Gasteiger partial charge in [-0.05, 0) is 25.0 Å². The number of anilines is 1. The Morgan fingerprint density at radius 3 is 2.69 bits per heavy atom. The van der Waals surface area contributed by atoms with E-state index >= 15 is 0 Å². The Balaban J connectivity index is 2.77. The van der Waals surface area contributed by atoms with Crippen molar-refractivity contribution < 1.29 is 5.11 Å². The van der Waals surface area contributed by atoms with Crippen molar-refractivity contribution >= 4 is 5.82 Å². The Kier molecular flexibility index (Phi) is 5.26. The molecule has 90 valence electrons. The molecule has 1 N–H and O–H groups in total. The quantitative estimate of drug-likeness (QED) is 0.803. The summed E-state index contributed by atoms with van der Waals surface area (Å²) in [5, 5.41) is 9.06. The van der Waals surface area contributed by atoms with Crippen LogP contribution in [0.2, 0.25) is 0 Å². The second-order valence-electron chi connectivity index (χ2n) is 4.20. The lowest BCUT2D eigenvalue weighted by atomic mass is 10.1. The third-order valence-electron chi connectivity index (χ3n) is 2.89. The molecule has 1 heterocycles. The van der Waals surface area contributed by atoms with E-state index in [1.165, 1.54) is 6.42 Å². The molecule has 0 saturated carbocycles. The highest BCUT2D eigenvalue weighted by atomic mass is 16.3. The molecule has 1 atom stereocenters. The number of rotatable bonds is 6. The lowest BCUT2D eigenvalue weighted by Crippen LogP contribution is -2.29. The molecule has 0 aromatic carbocycles. The SMILES string of the molecule is CCC(C)CN(CC)c1cccc(CO)n1. The van der Waals surface area contributed by atoms with Crippen molar-refractivity contribution in [3.63, 3.8) is 0 Å². The van der Waals surface area contributed by atoms with Gasteiger partial charge in [0.05, 0.1) is 12.3 Å². The number of aliphatic hydroxyl groups is 1. The first-order valence-electron chi connectivity index (χ1n) is 6.03. The van der Waals surface area contributed by atoms with E-state index in [1.54, 1.807) is 0 Å². The monoisotopic (exact) mass is 222 g/mol. The van der Waals surface area contributed by atoms with E-state index in [0.717, 1.165) is 24.6 Å². The van der Waals surface area contributed by atoms with E-state index in [1.807, 2.05) is 18.2 Å². The van der Waals surface area contributed by atoms with Gasteiger partial charge in [0.25, 0.3) is 0 Å². The van der Waals surface area contributed by atoms with Gasteiger partial charge in [-0.15, -0.1) is 0 Å². The van der Waals surface area contributed by atoms with Crippen LogP contribution in [0.5, 0.6) is 0 Å². The molecule has 1 rings (SSSR count). The molecule has 3 heteroatoms. The Morgan fingerprint density at radius 2 is 2.12 bits per heavy atom. The summed E-state index contributed by atoms with van der Waals surface area (Å²) in [6, 6.07) is 5.80. The number of aliphatic hydroxyl groups excluding tert-OH is 1. The first-order valence-corrected chi connectivity index (χ1v) is 6.03. The topological polar surface area (TPSA) is 36.4 Å². The number of aromatic nitrogens is 1. The second kappa shape index (κ2) is 6.48. The molecule has 0 amide bonds. The molecule has 0 saturated heterocycles. The fraction of sp³-hybridized carbons (Fsp3) is 0.615. The van der Waals surface area contributed by atoms with Gasteiger partial charge in [0.15, 0.2) is 0 Å². The number of hydrogen-bond acceptors (Lipinski definition) is 3. The molecule has 1 unspecified atom stereocenters. The molecule has 0 spiro atoms. The molecule has 1 aromatic heterocycles.